The van der Waals surface area contributed by atoms with Crippen LogP contribution in [-0.2, 0) is 36.7 Å². The third kappa shape index (κ3) is 9.72. The summed E-state index contributed by atoms with van der Waals surface area (Å²) in [4.78, 5) is 16.5. The van der Waals surface area contributed by atoms with E-state index >= 15 is 0 Å². The molecule has 1 N–H and O–H groups in total. The van der Waals surface area contributed by atoms with Crippen molar-refractivity contribution < 1.29 is 34.6 Å². The van der Waals surface area contributed by atoms with Crippen LogP contribution in [0.2, 0.25) is 0 Å². The average molecular weight is 868 g/mol. The molecule has 269 valence electrons. The quantitative estimate of drug-likeness (QED) is 0.0623. The standard InChI is InChI=1S/C31H31N2S.C13H24O2.Ir/c1-20(2)15-24-19-34-30-26(11-13-32-29(24)30)22-12-14-33(6)28(18-22)23-16-21-9-7-8-10-25(21)27(17-23)31(3,4)5;1-5-10(6-2)12(14)9-13(15)11(7-3)8-4;/h7-14,17-20H,6,15H2,1-5H3;9-11,14H,5-8H2,1-4H3;/q-1;;/b;12-9-;. The summed E-state index contributed by atoms with van der Waals surface area (Å²) in [7, 11) is 4.29. The number of nitrogens with zero attached hydrogens (tertiary/aromatic N) is 2. The Morgan fingerprint density at radius 2 is 1.66 bits per heavy atom. The number of carbonyl (C=O) groups excluding carboxylic acids is 1. The van der Waals surface area contributed by atoms with E-state index in [4.69, 9.17) is 4.98 Å². The molecule has 0 fully saturated rings. The van der Waals surface area contributed by atoms with Gasteiger partial charge in [-0.1, -0.05) is 91.5 Å². The summed E-state index contributed by atoms with van der Waals surface area (Å²) in [6.45, 7) is 19.4. The topological polar surface area (TPSA) is 54.1 Å². The minimum atomic E-state index is 0. The number of benzene rings is 2. The van der Waals surface area contributed by atoms with Gasteiger partial charge in [-0.3, -0.25) is 9.78 Å². The van der Waals surface area contributed by atoms with Crippen molar-refractivity contribution in [2.24, 2.45) is 17.8 Å². The number of thiophene rings is 1. The van der Waals surface area contributed by atoms with Gasteiger partial charge in [-0.05, 0) is 78.1 Å². The Bertz CT molecular complexity index is 1910. The van der Waals surface area contributed by atoms with Crippen molar-refractivity contribution in [2.75, 3.05) is 0 Å². The third-order valence-corrected chi connectivity index (χ3v) is 10.5. The normalized spacial score (nSPS) is 12.0. The zero-order valence-electron chi connectivity index (χ0n) is 31.4. The molecule has 0 bridgehead atoms. The molecule has 0 aliphatic rings. The van der Waals surface area contributed by atoms with Crippen LogP contribution >= 0.6 is 11.3 Å². The van der Waals surface area contributed by atoms with E-state index in [1.165, 1.54) is 38.4 Å². The largest absolute Gasteiger partial charge is 0.512 e. The van der Waals surface area contributed by atoms with Gasteiger partial charge in [0.25, 0.3) is 0 Å². The first-order valence-corrected chi connectivity index (χ1v) is 18.8. The zero-order chi connectivity index (χ0) is 35.9. The number of rotatable bonds is 11. The molecule has 0 aliphatic carbocycles. The van der Waals surface area contributed by atoms with Gasteiger partial charge in [0.1, 0.15) is 5.69 Å². The maximum Gasteiger partial charge on any atom is 0.162 e. The fraction of sp³-hybridized carbons (Fsp3) is 0.409. The van der Waals surface area contributed by atoms with Crippen LogP contribution in [-0.4, -0.2) is 15.9 Å². The molecule has 0 atom stereocenters. The fourth-order valence-electron chi connectivity index (χ4n) is 6.49. The average Bonchev–Trinajstić information content (AvgIpc) is 3.47. The van der Waals surface area contributed by atoms with Crippen LogP contribution in [0.5, 0.6) is 0 Å². The predicted molar refractivity (Wildman–Crippen MR) is 209 cm³/mol. The van der Waals surface area contributed by atoms with E-state index in [1.54, 1.807) is 11.3 Å². The summed E-state index contributed by atoms with van der Waals surface area (Å²) in [6, 6.07) is 21.0. The number of aromatic nitrogens is 2. The van der Waals surface area contributed by atoms with E-state index in [-0.39, 0.29) is 48.9 Å². The Labute approximate surface area is 318 Å². The van der Waals surface area contributed by atoms with Crippen LogP contribution in [0.25, 0.3) is 43.4 Å². The maximum atomic E-state index is 11.7. The van der Waals surface area contributed by atoms with Crippen molar-refractivity contribution in [3.63, 3.8) is 0 Å². The van der Waals surface area contributed by atoms with Crippen molar-refractivity contribution in [3.05, 3.63) is 102 Å². The molecule has 1 radical (unpaired) electrons. The molecule has 0 saturated heterocycles. The molecule has 0 spiro atoms. The van der Waals surface area contributed by atoms with Crippen LogP contribution in [0.15, 0.2) is 78.1 Å². The Kier molecular flexibility index (Phi) is 15.0. The Hall–Kier alpha value is -3.31. The van der Waals surface area contributed by atoms with E-state index in [0.717, 1.165) is 54.3 Å². The van der Waals surface area contributed by atoms with Crippen LogP contribution in [0.1, 0.15) is 99.1 Å². The second kappa shape index (κ2) is 18.3. The molecule has 0 aliphatic heterocycles. The maximum absolute atomic E-state index is 11.7. The minimum absolute atomic E-state index is 0. The number of ketones is 1. The third-order valence-electron chi connectivity index (χ3n) is 9.44. The molecule has 3 aromatic heterocycles. The molecule has 50 heavy (non-hydrogen) atoms. The molecule has 4 nitrogen and oxygen atoms in total. The Morgan fingerprint density at radius 3 is 2.28 bits per heavy atom. The van der Waals surface area contributed by atoms with Crippen molar-refractivity contribution in [3.8, 4) is 22.4 Å². The fourth-order valence-corrected chi connectivity index (χ4v) is 7.57. The van der Waals surface area contributed by atoms with E-state index in [1.807, 2.05) is 38.5 Å². The zero-order valence-corrected chi connectivity index (χ0v) is 34.6. The number of pyridine rings is 2. The van der Waals surface area contributed by atoms with Gasteiger partial charge < -0.3 is 9.67 Å². The number of allylic oxidation sites excluding steroid dienone is 2. The number of aliphatic hydroxyl groups is 1. The van der Waals surface area contributed by atoms with Crippen LogP contribution in [0.4, 0.5) is 0 Å². The molecular weight excluding hydrogens is 813 g/mol. The Balaban J connectivity index is 0.000000361. The number of hydrogen-bond donors (Lipinski definition) is 1. The van der Waals surface area contributed by atoms with E-state index < -0.39 is 0 Å². The molecular formula is C44H55IrN2O2S-. The SMILES string of the molecule is CCC(CC)C(=O)/C=C(\O)C(CC)CC.[CH2-][n+]1ccc(-c2ccnc3c(CC(C)C)csc23)cc1-c1[c-]c2ccccc2c(C(C)(C)C)c1.[Ir]. The summed E-state index contributed by atoms with van der Waals surface area (Å²) >= 11 is 1.80. The van der Waals surface area contributed by atoms with Crippen LogP contribution in [0, 0.1) is 30.9 Å². The van der Waals surface area contributed by atoms with E-state index in [0.29, 0.717) is 5.92 Å². The van der Waals surface area contributed by atoms with Gasteiger partial charge in [0.05, 0.1) is 22.2 Å². The van der Waals surface area contributed by atoms with Gasteiger partial charge in [-0.15, -0.1) is 40.5 Å². The molecule has 3 heterocycles. The molecule has 6 heteroatoms. The Morgan fingerprint density at radius 1 is 1.00 bits per heavy atom. The van der Waals surface area contributed by atoms with Crippen LogP contribution in [0.3, 0.4) is 0 Å². The van der Waals surface area contributed by atoms with Gasteiger partial charge in [0.2, 0.25) is 0 Å². The summed E-state index contributed by atoms with van der Waals surface area (Å²) in [6.07, 6.45) is 9.96. The van der Waals surface area contributed by atoms with Crippen molar-refractivity contribution in [2.45, 2.75) is 99.8 Å². The first kappa shape index (κ1) is 41.1. The van der Waals surface area contributed by atoms with Gasteiger partial charge in [-0.25, -0.2) is 0 Å². The molecule has 0 unspecified atom stereocenters. The van der Waals surface area contributed by atoms with Crippen molar-refractivity contribution in [1.29, 1.82) is 0 Å². The summed E-state index contributed by atoms with van der Waals surface area (Å²) in [5.74, 6) is 1.16. The van der Waals surface area contributed by atoms with Gasteiger partial charge in [0, 0.05) is 56.8 Å². The first-order chi connectivity index (χ1) is 23.3. The minimum Gasteiger partial charge on any atom is -0.512 e. The second-order valence-corrected chi connectivity index (χ2v) is 15.4. The number of fused-ring (bicyclic) bond motifs is 2. The van der Waals surface area contributed by atoms with Gasteiger partial charge >= 0.3 is 0 Å². The molecule has 5 rings (SSSR count). The summed E-state index contributed by atoms with van der Waals surface area (Å²) in [5, 5.41) is 14.4. The van der Waals surface area contributed by atoms with Crippen LogP contribution < -0.4 is 4.57 Å². The molecule has 0 saturated carbocycles. The van der Waals surface area contributed by atoms with E-state index in [9.17, 15) is 9.90 Å². The first-order valence-electron chi connectivity index (χ1n) is 17.9. The van der Waals surface area contributed by atoms with Crippen molar-refractivity contribution in [1.82, 2.24) is 4.98 Å². The molecule has 2 aromatic carbocycles. The predicted octanol–water partition coefficient (Wildman–Crippen LogP) is 11.9. The summed E-state index contributed by atoms with van der Waals surface area (Å²) in [5.41, 5.74) is 8.35. The molecule has 0 amide bonds. The molecule has 5 aromatic rings. The number of aliphatic hydroxyl groups excluding tert-OH is 1. The monoisotopic (exact) mass is 868 g/mol. The number of carbonyl (C=O) groups is 1. The smallest absolute Gasteiger partial charge is 0.162 e. The van der Waals surface area contributed by atoms with Gasteiger partial charge in [-0.2, -0.15) is 0 Å². The second-order valence-electron chi connectivity index (χ2n) is 14.6. The van der Waals surface area contributed by atoms with Gasteiger partial charge in [0.15, 0.2) is 5.78 Å². The number of hydrogen-bond acceptors (Lipinski definition) is 4. The van der Waals surface area contributed by atoms with E-state index in [2.05, 4.69) is 108 Å². The summed E-state index contributed by atoms with van der Waals surface area (Å²) < 4.78 is 3.21. The van der Waals surface area contributed by atoms with Crippen molar-refractivity contribution >= 4 is 38.1 Å².